The van der Waals surface area contributed by atoms with E-state index in [0.717, 1.165) is 15.4 Å². The second kappa shape index (κ2) is 14.0. The molecule has 3 aromatic carbocycles. The number of hydrogen-bond acceptors (Lipinski definition) is 5. The lowest BCUT2D eigenvalue weighted by atomic mass is 10.1. The van der Waals surface area contributed by atoms with Gasteiger partial charge in [-0.2, -0.15) is 0 Å². The van der Waals surface area contributed by atoms with Crippen molar-refractivity contribution in [3.05, 3.63) is 90.0 Å². The van der Waals surface area contributed by atoms with Crippen molar-refractivity contribution in [2.45, 2.75) is 58.0 Å². The molecule has 0 aliphatic heterocycles. The van der Waals surface area contributed by atoms with Crippen molar-refractivity contribution in [1.29, 1.82) is 0 Å². The largest absolute Gasteiger partial charge is 0.494 e. The van der Waals surface area contributed by atoms with Gasteiger partial charge in [0.2, 0.25) is 11.8 Å². The summed E-state index contributed by atoms with van der Waals surface area (Å²) in [4.78, 5) is 28.3. The van der Waals surface area contributed by atoms with Crippen LogP contribution in [-0.2, 0) is 26.0 Å². The van der Waals surface area contributed by atoms with Crippen molar-refractivity contribution in [2.24, 2.45) is 0 Å². The quantitative estimate of drug-likeness (QED) is 0.328. The molecular formula is C31H39N3O5S. The minimum absolute atomic E-state index is 0.0331. The Kier molecular flexibility index (Phi) is 10.7. The Morgan fingerprint density at radius 2 is 1.52 bits per heavy atom. The molecular weight excluding hydrogens is 526 g/mol. The molecule has 0 saturated heterocycles. The van der Waals surface area contributed by atoms with E-state index in [1.807, 2.05) is 58.0 Å². The van der Waals surface area contributed by atoms with Crippen molar-refractivity contribution in [2.75, 3.05) is 24.0 Å². The van der Waals surface area contributed by atoms with Crippen LogP contribution in [0.5, 0.6) is 5.75 Å². The molecule has 9 heteroatoms. The van der Waals surface area contributed by atoms with Gasteiger partial charge in [-0.1, -0.05) is 48.0 Å². The third kappa shape index (κ3) is 8.08. The number of benzene rings is 3. The van der Waals surface area contributed by atoms with Gasteiger partial charge in [-0.25, -0.2) is 8.42 Å². The van der Waals surface area contributed by atoms with Gasteiger partial charge >= 0.3 is 0 Å². The molecule has 0 aliphatic rings. The summed E-state index contributed by atoms with van der Waals surface area (Å²) >= 11 is 0. The number of nitrogens with zero attached hydrogens (tertiary/aromatic N) is 2. The number of amides is 2. The van der Waals surface area contributed by atoms with Gasteiger partial charge in [0.05, 0.1) is 17.2 Å². The van der Waals surface area contributed by atoms with E-state index in [1.165, 1.54) is 17.0 Å². The van der Waals surface area contributed by atoms with E-state index in [4.69, 9.17) is 4.74 Å². The van der Waals surface area contributed by atoms with E-state index in [1.54, 1.807) is 43.3 Å². The van der Waals surface area contributed by atoms with Crippen LogP contribution in [0.3, 0.4) is 0 Å². The lowest BCUT2D eigenvalue weighted by Crippen LogP contribution is -2.53. The molecule has 214 valence electrons. The second-order valence-electron chi connectivity index (χ2n) is 9.91. The molecule has 2 amide bonds. The van der Waals surface area contributed by atoms with Gasteiger partial charge in [-0.3, -0.25) is 13.9 Å². The lowest BCUT2D eigenvalue weighted by Gasteiger charge is -2.32. The Labute approximate surface area is 238 Å². The smallest absolute Gasteiger partial charge is 0.264 e. The zero-order valence-electron chi connectivity index (χ0n) is 23.8. The molecule has 0 radical (unpaired) electrons. The predicted octanol–water partition coefficient (Wildman–Crippen LogP) is 4.57. The van der Waals surface area contributed by atoms with Crippen molar-refractivity contribution in [1.82, 2.24) is 10.2 Å². The average Bonchev–Trinajstić information content (AvgIpc) is 2.93. The van der Waals surface area contributed by atoms with Gasteiger partial charge < -0.3 is 15.0 Å². The SMILES string of the molecule is CCOc1ccc(S(=O)(=O)N(CC(=O)N(CCc2ccccc2)[C@@H](C)C(=O)NC(C)C)c2ccc(C)cc2)cc1. The van der Waals surface area contributed by atoms with Gasteiger partial charge in [0, 0.05) is 12.6 Å². The molecule has 3 rings (SSSR count). The minimum Gasteiger partial charge on any atom is -0.494 e. The summed E-state index contributed by atoms with van der Waals surface area (Å²) in [7, 11) is -4.13. The number of carbonyl (C=O) groups is 2. The highest BCUT2D eigenvalue weighted by Gasteiger charge is 2.32. The van der Waals surface area contributed by atoms with E-state index in [0.29, 0.717) is 24.5 Å². The molecule has 0 aromatic heterocycles. The first-order valence-electron chi connectivity index (χ1n) is 13.5. The van der Waals surface area contributed by atoms with Crippen LogP contribution in [0, 0.1) is 6.92 Å². The van der Waals surface area contributed by atoms with Gasteiger partial charge in [0.25, 0.3) is 10.0 Å². The molecule has 8 nitrogen and oxygen atoms in total. The summed E-state index contributed by atoms with van der Waals surface area (Å²) in [5.41, 5.74) is 2.32. The van der Waals surface area contributed by atoms with Gasteiger partial charge in [0.15, 0.2) is 0 Å². The number of sulfonamides is 1. The molecule has 0 aliphatic carbocycles. The highest BCUT2D eigenvalue weighted by Crippen LogP contribution is 2.26. The first-order valence-corrected chi connectivity index (χ1v) is 14.9. The maximum atomic E-state index is 13.9. The highest BCUT2D eigenvalue weighted by molar-refractivity contribution is 7.92. The fraction of sp³-hybridized carbons (Fsp3) is 0.355. The number of carbonyl (C=O) groups excluding carboxylic acids is 2. The molecule has 0 heterocycles. The monoisotopic (exact) mass is 565 g/mol. The predicted molar refractivity (Wildman–Crippen MR) is 158 cm³/mol. The molecule has 3 aromatic rings. The molecule has 1 N–H and O–H groups in total. The van der Waals surface area contributed by atoms with Crippen LogP contribution in [0.4, 0.5) is 5.69 Å². The number of hydrogen-bond donors (Lipinski definition) is 1. The summed E-state index contributed by atoms with van der Waals surface area (Å²) in [5.74, 6) is -0.221. The zero-order chi connectivity index (χ0) is 29.3. The van der Waals surface area contributed by atoms with E-state index in [2.05, 4.69) is 5.32 Å². The van der Waals surface area contributed by atoms with Crippen molar-refractivity contribution >= 4 is 27.5 Å². The highest BCUT2D eigenvalue weighted by atomic mass is 32.2. The molecule has 0 unspecified atom stereocenters. The standard InChI is InChI=1S/C31H39N3O5S/c1-6-39-28-16-18-29(19-17-28)40(37,38)34(27-14-12-24(4)13-15-27)22-30(35)33(25(5)31(36)32-23(2)3)21-20-26-10-8-7-9-11-26/h7-19,23,25H,6,20-22H2,1-5H3,(H,32,36)/t25-/m0/s1. The van der Waals surface area contributed by atoms with Gasteiger partial charge in [0.1, 0.15) is 18.3 Å². The van der Waals surface area contributed by atoms with Crippen LogP contribution in [-0.4, -0.2) is 56.9 Å². The average molecular weight is 566 g/mol. The van der Waals surface area contributed by atoms with Gasteiger partial charge in [-0.05, 0) is 83.0 Å². The fourth-order valence-electron chi connectivity index (χ4n) is 4.22. The van der Waals surface area contributed by atoms with Crippen molar-refractivity contribution in [3.63, 3.8) is 0 Å². The second-order valence-corrected chi connectivity index (χ2v) is 11.8. The van der Waals surface area contributed by atoms with Crippen LogP contribution in [0.2, 0.25) is 0 Å². The summed E-state index contributed by atoms with van der Waals surface area (Å²) in [6.07, 6.45) is 0.516. The lowest BCUT2D eigenvalue weighted by molar-refractivity contribution is -0.139. The van der Waals surface area contributed by atoms with E-state index in [9.17, 15) is 18.0 Å². The summed E-state index contributed by atoms with van der Waals surface area (Å²) < 4.78 is 34.4. The molecule has 0 spiro atoms. The van der Waals surface area contributed by atoms with Crippen molar-refractivity contribution < 1.29 is 22.7 Å². The van der Waals surface area contributed by atoms with Crippen molar-refractivity contribution in [3.8, 4) is 5.75 Å². The fourth-order valence-corrected chi connectivity index (χ4v) is 5.63. The molecule has 0 saturated carbocycles. The van der Waals surface area contributed by atoms with E-state index < -0.39 is 28.5 Å². The molecule has 0 fully saturated rings. The van der Waals surface area contributed by atoms with Gasteiger partial charge in [-0.15, -0.1) is 0 Å². The number of ether oxygens (including phenoxy) is 1. The molecule has 1 atom stereocenters. The minimum atomic E-state index is -4.13. The molecule has 0 bridgehead atoms. The Bertz CT molecular complexity index is 1360. The Morgan fingerprint density at radius 1 is 0.900 bits per heavy atom. The van der Waals surface area contributed by atoms with Crippen LogP contribution >= 0.6 is 0 Å². The summed E-state index contributed by atoms with van der Waals surface area (Å²) in [6.45, 7) is 9.36. The number of anilines is 1. The Morgan fingerprint density at radius 3 is 2.10 bits per heavy atom. The first-order chi connectivity index (χ1) is 19.0. The van der Waals surface area contributed by atoms with E-state index in [-0.39, 0.29) is 23.4 Å². The number of rotatable bonds is 13. The number of nitrogens with one attached hydrogen (secondary N) is 1. The molecule has 40 heavy (non-hydrogen) atoms. The van der Waals surface area contributed by atoms with Crippen LogP contribution in [0.25, 0.3) is 0 Å². The Balaban J connectivity index is 1.97. The topological polar surface area (TPSA) is 96.0 Å². The zero-order valence-corrected chi connectivity index (χ0v) is 24.6. The number of aryl methyl sites for hydroxylation is 1. The maximum Gasteiger partial charge on any atom is 0.264 e. The Hall–Kier alpha value is -3.85. The first kappa shape index (κ1) is 30.7. The third-order valence-corrected chi connectivity index (χ3v) is 8.19. The third-order valence-electron chi connectivity index (χ3n) is 6.41. The normalized spacial score (nSPS) is 12.1. The maximum absolute atomic E-state index is 13.9. The van der Waals surface area contributed by atoms with Crippen LogP contribution in [0.1, 0.15) is 38.8 Å². The van der Waals surface area contributed by atoms with Crippen LogP contribution in [0.15, 0.2) is 83.8 Å². The van der Waals surface area contributed by atoms with E-state index >= 15 is 0 Å². The summed E-state index contributed by atoms with van der Waals surface area (Å²) in [6, 6.07) is 21.8. The summed E-state index contributed by atoms with van der Waals surface area (Å²) in [5, 5.41) is 2.86. The van der Waals surface area contributed by atoms with Crippen LogP contribution < -0.4 is 14.4 Å².